The molecule has 0 radical (unpaired) electrons. The summed E-state index contributed by atoms with van der Waals surface area (Å²) in [6.45, 7) is 5.04. The third-order valence-corrected chi connectivity index (χ3v) is 4.29. The fourth-order valence-corrected chi connectivity index (χ4v) is 2.99. The van der Waals surface area contributed by atoms with Gasteiger partial charge in [0.1, 0.15) is 0 Å². The molecule has 0 unspecified atom stereocenters. The van der Waals surface area contributed by atoms with Crippen LogP contribution in [0.1, 0.15) is 22.9 Å². The zero-order chi connectivity index (χ0) is 13.1. The highest BCUT2D eigenvalue weighted by molar-refractivity contribution is 7.10. The van der Waals surface area contributed by atoms with E-state index < -0.39 is 0 Å². The minimum absolute atomic E-state index is 0.602. The summed E-state index contributed by atoms with van der Waals surface area (Å²) in [6.07, 6.45) is 1.07. The fraction of sp³-hybridized carbons (Fsp3) is 0.286. The molecular formula is C14H17ClN2S. The zero-order valence-electron chi connectivity index (χ0n) is 10.6. The van der Waals surface area contributed by atoms with Crippen molar-refractivity contribution < 1.29 is 0 Å². The van der Waals surface area contributed by atoms with Crippen molar-refractivity contribution in [2.45, 2.75) is 26.8 Å². The molecule has 18 heavy (non-hydrogen) atoms. The van der Waals surface area contributed by atoms with Crippen LogP contribution in [0.4, 0.5) is 11.4 Å². The second kappa shape index (κ2) is 5.63. The van der Waals surface area contributed by atoms with Crippen LogP contribution < -0.4 is 11.1 Å². The van der Waals surface area contributed by atoms with Crippen LogP contribution in [-0.2, 0) is 13.0 Å². The van der Waals surface area contributed by atoms with Gasteiger partial charge in [-0.25, -0.2) is 0 Å². The fourth-order valence-electron chi connectivity index (χ4n) is 1.91. The number of hydrogen-bond acceptors (Lipinski definition) is 3. The highest BCUT2D eigenvalue weighted by atomic mass is 35.5. The highest BCUT2D eigenvalue weighted by Crippen LogP contribution is 2.27. The average molecular weight is 281 g/mol. The topological polar surface area (TPSA) is 38.0 Å². The van der Waals surface area contributed by atoms with E-state index in [1.807, 2.05) is 19.1 Å². The first-order valence-corrected chi connectivity index (χ1v) is 7.22. The van der Waals surface area contributed by atoms with Crippen molar-refractivity contribution in [2.75, 3.05) is 11.1 Å². The summed E-state index contributed by atoms with van der Waals surface area (Å²) in [5, 5.41) is 6.17. The highest BCUT2D eigenvalue weighted by Gasteiger charge is 2.06. The van der Waals surface area contributed by atoms with Gasteiger partial charge >= 0.3 is 0 Å². The molecule has 2 rings (SSSR count). The molecule has 0 spiro atoms. The standard InChI is InChI=1S/C14H17ClN2S/c1-3-10-4-5-18-14(10)8-17-13-7-11(15)12(16)6-9(13)2/h4-7,17H,3,8,16H2,1-2H3. The van der Waals surface area contributed by atoms with Crippen LogP contribution in [0.15, 0.2) is 23.6 Å². The number of halogens is 1. The Balaban J connectivity index is 2.13. The van der Waals surface area contributed by atoms with Crippen LogP contribution in [-0.4, -0.2) is 0 Å². The monoisotopic (exact) mass is 280 g/mol. The number of nitrogen functional groups attached to an aromatic ring is 1. The summed E-state index contributed by atoms with van der Waals surface area (Å²) in [6, 6.07) is 5.98. The quantitative estimate of drug-likeness (QED) is 0.811. The third kappa shape index (κ3) is 2.79. The summed E-state index contributed by atoms with van der Waals surface area (Å²) in [5.74, 6) is 0. The van der Waals surface area contributed by atoms with Crippen molar-refractivity contribution >= 4 is 34.3 Å². The number of nitrogens with two attached hydrogens (primary N) is 1. The van der Waals surface area contributed by atoms with Crippen LogP contribution in [0.25, 0.3) is 0 Å². The van der Waals surface area contributed by atoms with Gasteiger partial charge in [0.05, 0.1) is 10.7 Å². The zero-order valence-corrected chi connectivity index (χ0v) is 12.2. The third-order valence-electron chi connectivity index (χ3n) is 3.00. The summed E-state index contributed by atoms with van der Waals surface area (Å²) in [4.78, 5) is 1.38. The molecule has 0 atom stereocenters. The van der Waals surface area contributed by atoms with Gasteiger partial charge in [0.2, 0.25) is 0 Å². The van der Waals surface area contributed by atoms with Crippen LogP contribution in [0.5, 0.6) is 0 Å². The van der Waals surface area contributed by atoms with Gasteiger partial charge in [-0.3, -0.25) is 0 Å². The molecule has 1 heterocycles. The SMILES string of the molecule is CCc1ccsc1CNc1cc(Cl)c(N)cc1C. The number of benzene rings is 1. The van der Waals surface area contributed by atoms with Gasteiger partial charge in [0.25, 0.3) is 0 Å². The van der Waals surface area contributed by atoms with E-state index in [4.69, 9.17) is 17.3 Å². The number of nitrogens with one attached hydrogen (secondary N) is 1. The Morgan fingerprint density at radius 1 is 1.39 bits per heavy atom. The van der Waals surface area contributed by atoms with Gasteiger partial charge in [-0.15, -0.1) is 11.3 Å². The molecule has 0 fully saturated rings. The summed E-state index contributed by atoms with van der Waals surface area (Å²) in [5.41, 5.74) is 9.97. The van der Waals surface area contributed by atoms with Gasteiger partial charge in [-0.2, -0.15) is 0 Å². The Kier molecular flexibility index (Phi) is 4.15. The Morgan fingerprint density at radius 3 is 2.89 bits per heavy atom. The van der Waals surface area contributed by atoms with E-state index >= 15 is 0 Å². The lowest BCUT2D eigenvalue weighted by molar-refractivity contribution is 1.08. The number of aryl methyl sites for hydroxylation is 2. The molecule has 0 saturated carbocycles. The lowest BCUT2D eigenvalue weighted by Gasteiger charge is -2.11. The van der Waals surface area contributed by atoms with E-state index in [0.717, 1.165) is 24.2 Å². The lowest BCUT2D eigenvalue weighted by Crippen LogP contribution is -2.02. The molecule has 0 bridgehead atoms. The number of rotatable bonds is 4. The summed E-state index contributed by atoms with van der Waals surface area (Å²) in [7, 11) is 0. The van der Waals surface area contributed by atoms with Crippen molar-refractivity contribution in [3.05, 3.63) is 44.6 Å². The first-order chi connectivity index (χ1) is 8.61. The van der Waals surface area contributed by atoms with Crippen LogP contribution >= 0.6 is 22.9 Å². The normalized spacial score (nSPS) is 10.6. The molecular weight excluding hydrogens is 264 g/mol. The molecule has 0 aliphatic rings. The van der Waals surface area contributed by atoms with Gasteiger partial charge in [-0.05, 0) is 48.1 Å². The van der Waals surface area contributed by atoms with E-state index in [0.29, 0.717) is 10.7 Å². The predicted octanol–water partition coefficient (Wildman–Crippen LogP) is 4.47. The van der Waals surface area contributed by atoms with E-state index in [9.17, 15) is 0 Å². The molecule has 2 nitrogen and oxygen atoms in total. The van der Waals surface area contributed by atoms with Crippen LogP contribution in [0, 0.1) is 6.92 Å². The van der Waals surface area contributed by atoms with Crippen molar-refractivity contribution in [1.82, 2.24) is 0 Å². The maximum absolute atomic E-state index is 6.04. The second-order valence-electron chi connectivity index (χ2n) is 4.26. The maximum atomic E-state index is 6.04. The first-order valence-electron chi connectivity index (χ1n) is 5.96. The number of anilines is 2. The minimum Gasteiger partial charge on any atom is -0.398 e. The Bertz CT molecular complexity index is 549. The van der Waals surface area contributed by atoms with Crippen LogP contribution in [0.2, 0.25) is 5.02 Å². The lowest BCUT2D eigenvalue weighted by atomic mass is 10.1. The second-order valence-corrected chi connectivity index (χ2v) is 5.67. The Hall–Kier alpha value is -1.19. The Labute approximate surface area is 117 Å². The van der Waals surface area contributed by atoms with E-state index in [1.54, 1.807) is 11.3 Å². The number of thiophene rings is 1. The van der Waals surface area contributed by atoms with Gasteiger partial charge in [0, 0.05) is 17.1 Å². The molecule has 0 amide bonds. The number of hydrogen-bond donors (Lipinski definition) is 2. The maximum Gasteiger partial charge on any atom is 0.0656 e. The largest absolute Gasteiger partial charge is 0.398 e. The van der Waals surface area contributed by atoms with Gasteiger partial charge < -0.3 is 11.1 Å². The smallest absolute Gasteiger partial charge is 0.0656 e. The van der Waals surface area contributed by atoms with E-state index in [-0.39, 0.29) is 0 Å². The molecule has 3 N–H and O–H groups in total. The molecule has 0 saturated heterocycles. The molecule has 0 aliphatic heterocycles. The van der Waals surface area contributed by atoms with Crippen molar-refractivity contribution in [3.8, 4) is 0 Å². The van der Waals surface area contributed by atoms with Crippen molar-refractivity contribution in [1.29, 1.82) is 0 Å². The summed E-state index contributed by atoms with van der Waals surface area (Å²) < 4.78 is 0. The molecule has 96 valence electrons. The Morgan fingerprint density at radius 2 is 2.17 bits per heavy atom. The average Bonchev–Trinajstić information content (AvgIpc) is 2.79. The van der Waals surface area contributed by atoms with Crippen LogP contribution in [0.3, 0.4) is 0 Å². The summed E-state index contributed by atoms with van der Waals surface area (Å²) >= 11 is 7.83. The van der Waals surface area contributed by atoms with Crippen molar-refractivity contribution in [3.63, 3.8) is 0 Å². The molecule has 1 aromatic heterocycles. The van der Waals surface area contributed by atoms with Gasteiger partial charge in [0.15, 0.2) is 0 Å². The first kappa shape index (κ1) is 13.2. The molecule has 2 aromatic rings. The van der Waals surface area contributed by atoms with Gasteiger partial charge in [-0.1, -0.05) is 18.5 Å². The minimum atomic E-state index is 0.602. The molecule has 1 aromatic carbocycles. The van der Waals surface area contributed by atoms with Crippen molar-refractivity contribution in [2.24, 2.45) is 0 Å². The molecule has 4 heteroatoms. The molecule has 0 aliphatic carbocycles. The van der Waals surface area contributed by atoms with E-state index in [2.05, 4.69) is 23.7 Å². The predicted molar refractivity (Wildman–Crippen MR) is 81.6 cm³/mol. The van der Waals surface area contributed by atoms with E-state index in [1.165, 1.54) is 10.4 Å².